The molecule has 1 aromatic carbocycles. The average molecular weight is 285 g/mol. The summed E-state index contributed by atoms with van der Waals surface area (Å²) in [5, 5.41) is 4.66. The Morgan fingerprint density at radius 3 is 3.00 bits per heavy atom. The minimum Gasteiger partial charge on any atom is -0.491 e. The molecule has 0 amide bonds. The van der Waals surface area contributed by atoms with Crippen molar-refractivity contribution in [1.29, 1.82) is 0 Å². The average Bonchev–Trinajstić information content (AvgIpc) is 2.94. The van der Waals surface area contributed by atoms with E-state index in [0.717, 1.165) is 30.7 Å². The van der Waals surface area contributed by atoms with Gasteiger partial charge in [0.2, 0.25) is 0 Å². The Morgan fingerprint density at radius 2 is 2.19 bits per heavy atom. The van der Waals surface area contributed by atoms with Crippen LogP contribution in [0.1, 0.15) is 37.6 Å². The normalized spacial score (nSPS) is 22.4. The number of benzene rings is 1. The lowest BCUT2D eigenvalue weighted by Gasteiger charge is -2.34. The summed E-state index contributed by atoms with van der Waals surface area (Å²) in [6, 6.07) is 10.6. The van der Waals surface area contributed by atoms with Crippen molar-refractivity contribution in [3.63, 3.8) is 0 Å². The molecule has 3 rings (SSSR count). The van der Waals surface area contributed by atoms with Crippen LogP contribution in [-0.2, 0) is 12.8 Å². The Labute approximate surface area is 125 Å². The minimum atomic E-state index is -0.372. The molecule has 1 aliphatic heterocycles. The molecule has 21 heavy (non-hydrogen) atoms. The smallest absolute Gasteiger partial charge is 0.122 e. The van der Waals surface area contributed by atoms with Gasteiger partial charge in [0, 0.05) is 18.7 Å². The van der Waals surface area contributed by atoms with Gasteiger partial charge in [-0.05, 0) is 37.5 Å². The summed E-state index contributed by atoms with van der Waals surface area (Å²) < 4.78 is 7.85. The molecule has 0 aliphatic carbocycles. The summed E-state index contributed by atoms with van der Waals surface area (Å²) in [5.74, 6) is 0.962. The van der Waals surface area contributed by atoms with E-state index in [1.165, 1.54) is 5.56 Å². The Morgan fingerprint density at radius 1 is 1.38 bits per heavy atom. The Hall–Kier alpha value is -1.81. The first-order valence-corrected chi connectivity index (χ1v) is 7.63. The van der Waals surface area contributed by atoms with Crippen LogP contribution in [0.4, 0.5) is 0 Å². The van der Waals surface area contributed by atoms with Crippen LogP contribution in [0.25, 0.3) is 0 Å². The lowest BCUT2D eigenvalue weighted by Crippen LogP contribution is -2.51. The highest BCUT2D eigenvalue weighted by Crippen LogP contribution is 2.29. The topological polar surface area (TPSA) is 53.1 Å². The minimum absolute atomic E-state index is 0.372. The summed E-state index contributed by atoms with van der Waals surface area (Å²) in [6.45, 7) is 4.89. The molecular weight excluding hydrogens is 262 g/mol. The van der Waals surface area contributed by atoms with E-state index in [1.807, 2.05) is 29.1 Å². The second-order valence-corrected chi connectivity index (χ2v) is 6.16. The lowest BCUT2D eigenvalue weighted by atomic mass is 9.86. The molecule has 0 bridgehead atoms. The Balaban J connectivity index is 1.74. The third kappa shape index (κ3) is 2.95. The Kier molecular flexibility index (Phi) is 3.72. The molecule has 0 saturated heterocycles. The van der Waals surface area contributed by atoms with Crippen LogP contribution in [0.15, 0.2) is 36.5 Å². The van der Waals surface area contributed by atoms with Gasteiger partial charge in [-0.1, -0.05) is 25.1 Å². The number of para-hydroxylation sites is 1. The van der Waals surface area contributed by atoms with Crippen molar-refractivity contribution in [1.82, 2.24) is 9.78 Å². The number of hydrogen-bond acceptors (Lipinski definition) is 3. The maximum Gasteiger partial charge on any atom is 0.122 e. The number of nitrogens with two attached hydrogens (primary N) is 1. The zero-order chi connectivity index (χ0) is 14.9. The van der Waals surface area contributed by atoms with Crippen LogP contribution in [0.5, 0.6) is 5.75 Å². The van der Waals surface area contributed by atoms with Crippen molar-refractivity contribution in [3.05, 3.63) is 47.8 Å². The first kappa shape index (κ1) is 14.1. The van der Waals surface area contributed by atoms with Crippen LogP contribution in [-0.4, -0.2) is 21.9 Å². The molecular formula is C17H23N3O. The maximum atomic E-state index is 6.55. The summed E-state index contributed by atoms with van der Waals surface area (Å²) in [4.78, 5) is 0. The van der Waals surface area contributed by atoms with Crippen LogP contribution in [0.2, 0.25) is 0 Å². The van der Waals surface area contributed by atoms with Gasteiger partial charge in [-0.2, -0.15) is 5.10 Å². The fourth-order valence-corrected chi connectivity index (χ4v) is 2.82. The molecule has 1 aromatic heterocycles. The maximum absolute atomic E-state index is 6.55. The van der Waals surface area contributed by atoms with Gasteiger partial charge in [-0.25, -0.2) is 0 Å². The third-order valence-electron chi connectivity index (χ3n) is 4.27. The van der Waals surface area contributed by atoms with Gasteiger partial charge in [-0.3, -0.25) is 4.68 Å². The van der Waals surface area contributed by atoms with E-state index >= 15 is 0 Å². The largest absolute Gasteiger partial charge is 0.491 e. The highest BCUT2D eigenvalue weighted by atomic mass is 16.5. The van der Waals surface area contributed by atoms with Gasteiger partial charge in [0.05, 0.1) is 11.2 Å². The summed E-state index contributed by atoms with van der Waals surface area (Å²) in [5.41, 5.74) is 8.41. The second-order valence-electron chi connectivity index (χ2n) is 6.16. The van der Waals surface area contributed by atoms with Gasteiger partial charge in [0.15, 0.2) is 0 Å². The molecule has 2 atom stereocenters. The van der Waals surface area contributed by atoms with Crippen LogP contribution in [0.3, 0.4) is 0 Å². The van der Waals surface area contributed by atoms with Gasteiger partial charge < -0.3 is 10.5 Å². The van der Waals surface area contributed by atoms with Crippen molar-refractivity contribution in [2.75, 3.05) is 6.61 Å². The van der Waals surface area contributed by atoms with Gasteiger partial charge in [-0.15, -0.1) is 0 Å². The van der Waals surface area contributed by atoms with Gasteiger partial charge in [0.1, 0.15) is 12.4 Å². The molecule has 2 N–H and O–H groups in total. The quantitative estimate of drug-likeness (QED) is 0.939. The van der Waals surface area contributed by atoms with E-state index in [0.29, 0.717) is 12.6 Å². The first-order chi connectivity index (χ1) is 10.1. The zero-order valence-electron chi connectivity index (χ0n) is 12.7. The number of hydrogen-bond donors (Lipinski definition) is 1. The van der Waals surface area contributed by atoms with Crippen LogP contribution >= 0.6 is 0 Å². The molecule has 1 aliphatic rings. The third-order valence-corrected chi connectivity index (χ3v) is 4.27. The number of nitrogens with zero attached hydrogens (tertiary/aromatic N) is 2. The molecule has 2 heterocycles. The Bertz CT molecular complexity index is 622. The van der Waals surface area contributed by atoms with E-state index in [4.69, 9.17) is 10.5 Å². The fourth-order valence-electron chi connectivity index (χ4n) is 2.82. The number of aromatic nitrogens is 2. The van der Waals surface area contributed by atoms with E-state index in [2.05, 4.69) is 31.1 Å². The van der Waals surface area contributed by atoms with Crippen molar-refractivity contribution in [2.24, 2.45) is 5.73 Å². The molecule has 0 radical (unpaired) electrons. The predicted molar refractivity (Wildman–Crippen MR) is 83.5 cm³/mol. The molecule has 2 aromatic rings. The number of rotatable bonds is 4. The van der Waals surface area contributed by atoms with E-state index < -0.39 is 0 Å². The predicted octanol–water partition coefficient (Wildman–Crippen LogP) is 2.73. The van der Waals surface area contributed by atoms with Crippen LogP contribution in [0, 0.1) is 0 Å². The SMILES string of the molecule is CCC(C)n1ccc(CC2(N)COc3ccccc3C2)n1. The molecule has 0 spiro atoms. The summed E-state index contributed by atoms with van der Waals surface area (Å²) in [6.07, 6.45) is 4.69. The van der Waals surface area contributed by atoms with E-state index in [9.17, 15) is 0 Å². The lowest BCUT2D eigenvalue weighted by molar-refractivity contribution is 0.188. The molecule has 0 fully saturated rings. The number of ether oxygens (including phenoxy) is 1. The van der Waals surface area contributed by atoms with Crippen molar-refractivity contribution < 1.29 is 4.74 Å². The summed E-state index contributed by atoms with van der Waals surface area (Å²) in [7, 11) is 0. The van der Waals surface area contributed by atoms with E-state index in [-0.39, 0.29) is 5.54 Å². The molecule has 2 unspecified atom stereocenters. The zero-order valence-corrected chi connectivity index (χ0v) is 12.7. The molecule has 4 nitrogen and oxygen atoms in total. The monoisotopic (exact) mass is 285 g/mol. The van der Waals surface area contributed by atoms with Gasteiger partial charge >= 0.3 is 0 Å². The second kappa shape index (κ2) is 5.53. The highest BCUT2D eigenvalue weighted by Gasteiger charge is 2.32. The van der Waals surface area contributed by atoms with Crippen LogP contribution < -0.4 is 10.5 Å². The van der Waals surface area contributed by atoms with E-state index in [1.54, 1.807) is 0 Å². The fraction of sp³-hybridized carbons (Fsp3) is 0.471. The number of fused-ring (bicyclic) bond motifs is 1. The van der Waals surface area contributed by atoms with Crippen molar-refractivity contribution in [2.45, 2.75) is 44.7 Å². The van der Waals surface area contributed by atoms with Crippen molar-refractivity contribution in [3.8, 4) is 5.75 Å². The van der Waals surface area contributed by atoms with Gasteiger partial charge in [0.25, 0.3) is 0 Å². The standard InChI is InChI=1S/C17H23N3O/c1-3-13(2)20-9-8-15(19-20)11-17(18)10-14-6-4-5-7-16(14)21-12-17/h4-9,13H,3,10-12,18H2,1-2H3. The molecule has 0 saturated carbocycles. The summed E-state index contributed by atoms with van der Waals surface area (Å²) >= 11 is 0. The highest BCUT2D eigenvalue weighted by molar-refractivity contribution is 5.37. The molecule has 112 valence electrons. The van der Waals surface area contributed by atoms with Crippen molar-refractivity contribution >= 4 is 0 Å². The first-order valence-electron chi connectivity index (χ1n) is 7.63. The molecule has 4 heteroatoms.